The smallest absolute Gasteiger partial charge is 0.254 e. The quantitative estimate of drug-likeness (QED) is 0.223. The van der Waals surface area contributed by atoms with Gasteiger partial charge in [0.15, 0.2) is 6.10 Å². The van der Waals surface area contributed by atoms with Gasteiger partial charge >= 0.3 is 0 Å². The summed E-state index contributed by atoms with van der Waals surface area (Å²) in [6, 6.07) is 14.2. The highest BCUT2D eigenvalue weighted by atomic mass is 32.2. The number of aliphatic hydroxyl groups excluding tert-OH is 1. The molecule has 1 heterocycles. The van der Waals surface area contributed by atoms with Gasteiger partial charge in [-0.1, -0.05) is 95.3 Å². The van der Waals surface area contributed by atoms with Crippen molar-refractivity contribution in [2.75, 3.05) is 12.4 Å². The summed E-state index contributed by atoms with van der Waals surface area (Å²) in [5.41, 5.74) is 6.88. The van der Waals surface area contributed by atoms with Crippen LogP contribution in [0.1, 0.15) is 72.1 Å². The second-order valence-electron chi connectivity index (χ2n) is 14.0. The van der Waals surface area contributed by atoms with Crippen LogP contribution in [0.3, 0.4) is 0 Å². The standard InChI is InChI=1S/C35H51N5O5S/c1-22(2)18-19-37-32(44)29-35(6,7)46-21-40(29)33(45)27(41)25(20-23-14-10-8-11-15-23)38-31(43)28(34(3,4)5)39-30(42)26(36)24-16-12-9-13-17-24/h8-17,22,25-29,41H,18-21,36H2,1-7H3,(H,37,44)(H,38,43)(H,39,42)/t25-,26-,27-,28+,29+/m0/s1. The number of thioether (sulfide) groups is 1. The summed E-state index contributed by atoms with van der Waals surface area (Å²) in [5.74, 6) is -1.39. The molecular formula is C35H51N5O5S. The Morgan fingerprint density at radius 3 is 2.13 bits per heavy atom. The van der Waals surface area contributed by atoms with Crippen molar-refractivity contribution in [1.82, 2.24) is 20.9 Å². The number of hydrogen-bond donors (Lipinski definition) is 5. The number of hydrogen-bond acceptors (Lipinski definition) is 7. The van der Waals surface area contributed by atoms with E-state index in [4.69, 9.17) is 5.73 Å². The van der Waals surface area contributed by atoms with Gasteiger partial charge in [-0.05, 0) is 49.1 Å². The minimum absolute atomic E-state index is 0.142. The van der Waals surface area contributed by atoms with Crippen molar-refractivity contribution in [3.8, 4) is 0 Å². The van der Waals surface area contributed by atoms with Crippen molar-refractivity contribution in [1.29, 1.82) is 0 Å². The highest BCUT2D eigenvalue weighted by Gasteiger charge is 2.50. The third kappa shape index (κ3) is 9.80. The SMILES string of the molecule is CC(C)CCNC(=O)[C@H]1N(C(=O)[C@@H](O)[C@H](Cc2ccccc2)NC(=O)[C@@H](NC(=O)[C@@H](N)c2ccccc2)C(C)(C)C)CSC1(C)C. The fourth-order valence-corrected chi connectivity index (χ4v) is 6.57. The maximum Gasteiger partial charge on any atom is 0.254 e. The van der Waals surface area contributed by atoms with Crippen LogP contribution in [0, 0.1) is 11.3 Å². The van der Waals surface area contributed by atoms with Gasteiger partial charge in [0.25, 0.3) is 5.91 Å². The molecule has 252 valence electrons. The van der Waals surface area contributed by atoms with E-state index in [0.29, 0.717) is 18.0 Å². The maximum absolute atomic E-state index is 14.0. The van der Waals surface area contributed by atoms with Crippen LogP contribution in [0.2, 0.25) is 0 Å². The van der Waals surface area contributed by atoms with Crippen molar-refractivity contribution in [3.63, 3.8) is 0 Å². The first-order valence-corrected chi connectivity index (χ1v) is 16.9. The third-order valence-electron chi connectivity index (χ3n) is 8.21. The van der Waals surface area contributed by atoms with Gasteiger partial charge in [-0.3, -0.25) is 19.2 Å². The summed E-state index contributed by atoms with van der Waals surface area (Å²) in [7, 11) is 0. The fraction of sp³-hybridized carbons (Fsp3) is 0.543. The number of amides is 4. The van der Waals surface area contributed by atoms with E-state index in [1.807, 2.05) is 71.0 Å². The van der Waals surface area contributed by atoms with Crippen LogP contribution in [0.15, 0.2) is 60.7 Å². The number of carbonyl (C=O) groups is 4. The van der Waals surface area contributed by atoms with E-state index in [9.17, 15) is 24.3 Å². The second-order valence-corrected chi connectivity index (χ2v) is 15.6. The van der Waals surface area contributed by atoms with E-state index in [0.717, 1.165) is 12.0 Å². The average Bonchev–Trinajstić information content (AvgIpc) is 3.32. The molecule has 1 saturated heterocycles. The Bertz CT molecular complexity index is 1330. The normalized spacial score (nSPS) is 18.7. The minimum atomic E-state index is -1.66. The van der Waals surface area contributed by atoms with E-state index in [-0.39, 0.29) is 18.2 Å². The van der Waals surface area contributed by atoms with Gasteiger partial charge in [0.2, 0.25) is 17.7 Å². The van der Waals surface area contributed by atoms with E-state index in [1.54, 1.807) is 24.3 Å². The fourth-order valence-electron chi connectivity index (χ4n) is 5.43. The van der Waals surface area contributed by atoms with Crippen LogP contribution in [-0.2, 0) is 25.6 Å². The van der Waals surface area contributed by atoms with E-state index in [1.165, 1.54) is 16.7 Å². The Balaban J connectivity index is 1.86. The average molecular weight is 654 g/mol. The van der Waals surface area contributed by atoms with Crippen LogP contribution in [-0.4, -0.2) is 75.0 Å². The number of nitrogens with one attached hydrogen (secondary N) is 3. The Kier molecular flexibility index (Phi) is 12.8. The lowest BCUT2D eigenvalue weighted by atomic mass is 9.85. The van der Waals surface area contributed by atoms with Crippen molar-refractivity contribution >= 4 is 35.4 Å². The summed E-state index contributed by atoms with van der Waals surface area (Å²) in [6.07, 6.45) is -0.716. The molecule has 2 aromatic carbocycles. The molecule has 0 bridgehead atoms. The Labute approximate surface area is 277 Å². The van der Waals surface area contributed by atoms with Gasteiger partial charge in [0.05, 0.1) is 11.9 Å². The molecule has 1 aliphatic heterocycles. The number of benzene rings is 2. The number of nitrogens with two attached hydrogens (primary N) is 1. The topological polar surface area (TPSA) is 154 Å². The summed E-state index contributed by atoms with van der Waals surface area (Å²) in [6.45, 7) is 13.9. The molecule has 1 aliphatic rings. The Morgan fingerprint density at radius 2 is 1.57 bits per heavy atom. The highest BCUT2D eigenvalue weighted by Crippen LogP contribution is 2.40. The zero-order chi connectivity index (χ0) is 34.2. The molecule has 3 rings (SSSR count). The molecule has 5 atom stereocenters. The van der Waals surface area contributed by atoms with Crippen LogP contribution < -0.4 is 21.7 Å². The van der Waals surface area contributed by atoms with Crippen molar-refractivity contribution in [3.05, 3.63) is 71.8 Å². The van der Waals surface area contributed by atoms with Crippen LogP contribution in [0.4, 0.5) is 0 Å². The predicted molar refractivity (Wildman–Crippen MR) is 182 cm³/mol. The van der Waals surface area contributed by atoms with Gasteiger partial charge in [-0.25, -0.2) is 0 Å². The number of nitrogens with zero attached hydrogens (tertiary/aromatic N) is 1. The van der Waals surface area contributed by atoms with E-state index in [2.05, 4.69) is 29.8 Å². The summed E-state index contributed by atoms with van der Waals surface area (Å²) in [5, 5.41) is 20.2. The van der Waals surface area contributed by atoms with Crippen LogP contribution in [0.25, 0.3) is 0 Å². The lowest BCUT2D eigenvalue weighted by Crippen LogP contribution is -2.61. The van der Waals surface area contributed by atoms with E-state index >= 15 is 0 Å². The number of aliphatic hydroxyl groups is 1. The predicted octanol–water partition coefficient (Wildman–Crippen LogP) is 3.15. The van der Waals surface area contributed by atoms with Gasteiger partial charge in [-0.15, -0.1) is 11.8 Å². The van der Waals surface area contributed by atoms with Crippen molar-refractivity contribution in [2.45, 2.75) is 96.3 Å². The second kappa shape index (κ2) is 15.9. The number of rotatable bonds is 13. The molecule has 0 aliphatic carbocycles. The monoisotopic (exact) mass is 653 g/mol. The molecule has 46 heavy (non-hydrogen) atoms. The van der Waals surface area contributed by atoms with Gasteiger partial charge < -0.3 is 31.7 Å². The molecule has 10 nitrogen and oxygen atoms in total. The molecular weight excluding hydrogens is 602 g/mol. The Hall–Kier alpha value is -3.41. The minimum Gasteiger partial charge on any atom is -0.381 e. The van der Waals surface area contributed by atoms with Crippen molar-refractivity contribution < 1.29 is 24.3 Å². The van der Waals surface area contributed by atoms with Crippen LogP contribution in [0.5, 0.6) is 0 Å². The molecule has 0 saturated carbocycles. The first-order valence-electron chi connectivity index (χ1n) is 15.9. The molecule has 0 aromatic heterocycles. The summed E-state index contributed by atoms with van der Waals surface area (Å²) in [4.78, 5) is 55.9. The first-order chi connectivity index (χ1) is 21.5. The molecule has 2 aromatic rings. The lowest BCUT2D eigenvalue weighted by Gasteiger charge is -2.35. The van der Waals surface area contributed by atoms with E-state index < -0.39 is 58.2 Å². The molecule has 0 radical (unpaired) electrons. The zero-order valence-electron chi connectivity index (χ0n) is 28.1. The third-order valence-corrected chi connectivity index (χ3v) is 9.59. The van der Waals surface area contributed by atoms with Gasteiger partial charge in [-0.2, -0.15) is 0 Å². The largest absolute Gasteiger partial charge is 0.381 e. The Morgan fingerprint density at radius 1 is 0.978 bits per heavy atom. The molecule has 6 N–H and O–H groups in total. The zero-order valence-corrected chi connectivity index (χ0v) is 28.9. The molecule has 1 fully saturated rings. The van der Waals surface area contributed by atoms with Gasteiger partial charge in [0, 0.05) is 11.3 Å². The first kappa shape index (κ1) is 37.1. The van der Waals surface area contributed by atoms with Gasteiger partial charge in [0.1, 0.15) is 18.1 Å². The maximum atomic E-state index is 14.0. The van der Waals surface area contributed by atoms with Crippen LogP contribution >= 0.6 is 11.8 Å². The summed E-state index contributed by atoms with van der Waals surface area (Å²) >= 11 is 1.46. The molecule has 0 spiro atoms. The van der Waals surface area contributed by atoms with Crippen molar-refractivity contribution in [2.24, 2.45) is 17.1 Å². The highest BCUT2D eigenvalue weighted by molar-refractivity contribution is 8.00. The molecule has 4 amide bonds. The summed E-state index contributed by atoms with van der Waals surface area (Å²) < 4.78 is -0.589. The number of carbonyl (C=O) groups excluding carboxylic acids is 4. The molecule has 11 heteroatoms. The lowest BCUT2D eigenvalue weighted by molar-refractivity contribution is -0.148. The molecule has 0 unspecified atom stereocenters.